The average Bonchev–Trinajstić information content (AvgIpc) is 3.48. The minimum absolute atomic E-state index is 0.503. The Labute approximate surface area is 272 Å². The number of fused-ring (bicyclic) bond motifs is 8. The van der Waals surface area contributed by atoms with E-state index >= 15 is 0 Å². The van der Waals surface area contributed by atoms with E-state index in [0.717, 1.165) is 27.6 Å². The van der Waals surface area contributed by atoms with Gasteiger partial charge in [0.05, 0.1) is 23.4 Å². The number of hydrogen-bond donors (Lipinski definition) is 2. The van der Waals surface area contributed by atoms with Crippen LogP contribution < -0.4 is 5.32 Å². The monoisotopic (exact) mass is 601 g/mol. The van der Waals surface area contributed by atoms with Crippen LogP contribution >= 0.6 is 0 Å². The van der Waals surface area contributed by atoms with E-state index in [1.807, 2.05) is 18.2 Å². The summed E-state index contributed by atoms with van der Waals surface area (Å²) in [5, 5.41) is 23.1. The summed E-state index contributed by atoms with van der Waals surface area (Å²) in [6.07, 6.45) is 0. The number of anilines is 1. The lowest BCUT2D eigenvalue weighted by molar-refractivity contribution is 0.841. The van der Waals surface area contributed by atoms with Gasteiger partial charge in [0, 0.05) is 27.6 Å². The Morgan fingerprint density at radius 3 is 1.70 bits per heavy atom. The predicted octanol–water partition coefficient (Wildman–Crippen LogP) is 11.4. The van der Waals surface area contributed by atoms with Crippen molar-refractivity contribution >= 4 is 65.5 Å². The second kappa shape index (κ2) is 11.0. The van der Waals surface area contributed by atoms with Crippen LogP contribution in [0.25, 0.3) is 65.3 Å². The fraction of sp³-hybridized carbons (Fsp3) is 0.0227. The molecule has 0 aliphatic heterocycles. The molecule has 0 aliphatic rings. The van der Waals surface area contributed by atoms with Gasteiger partial charge in [-0.15, -0.1) is 0 Å². The van der Waals surface area contributed by atoms with Crippen LogP contribution in [0.1, 0.15) is 11.1 Å². The summed E-state index contributed by atoms with van der Waals surface area (Å²) in [7, 11) is 0. The molecule has 9 rings (SSSR count). The summed E-state index contributed by atoms with van der Waals surface area (Å²) in [6.45, 7) is 0.564. The highest BCUT2D eigenvalue weighted by molar-refractivity contribution is 6.28. The molecule has 0 radical (unpaired) electrons. The van der Waals surface area contributed by atoms with E-state index in [4.69, 9.17) is 0 Å². The molecule has 1 aromatic heterocycles. The van der Waals surface area contributed by atoms with Crippen LogP contribution in [0.2, 0.25) is 0 Å². The lowest BCUT2D eigenvalue weighted by Gasteiger charge is -2.17. The van der Waals surface area contributed by atoms with Crippen molar-refractivity contribution in [1.82, 2.24) is 4.57 Å². The van der Waals surface area contributed by atoms with Crippen molar-refractivity contribution in [3.8, 4) is 11.1 Å². The largest absolute Gasteiger partial charge is 0.367 e. The number of hydrogen-bond acceptors (Lipinski definition) is 2. The van der Waals surface area contributed by atoms with E-state index < -0.39 is 0 Å². The highest BCUT2D eigenvalue weighted by atomic mass is 15.1. The van der Waals surface area contributed by atoms with Gasteiger partial charge in [0.15, 0.2) is 0 Å². The molecule has 0 atom stereocenters. The van der Waals surface area contributed by atoms with Crippen molar-refractivity contribution in [3.63, 3.8) is 0 Å². The molecule has 1 heterocycles. The molecule has 222 valence electrons. The smallest absolute Gasteiger partial charge is 0.0926 e. The molecule has 0 saturated heterocycles. The van der Waals surface area contributed by atoms with Crippen LogP contribution in [0.4, 0.5) is 5.69 Å². The van der Waals surface area contributed by atoms with Crippen molar-refractivity contribution < 1.29 is 0 Å². The van der Waals surface area contributed by atoms with Gasteiger partial charge in [0.2, 0.25) is 0 Å². The van der Waals surface area contributed by atoms with Crippen LogP contribution in [0.5, 0.6) is 0 Å². The van der Waals surface area contributed by atoms with Gasteiger partial charge in [-0.2, -0.15) is 0 Å². The molecule has 0 unspecified atom stereocenters. The summed E-state index contributed by atoms with van der Waals surface area (Å²) in [6, 6.07) is 57.7. The van der Waals surface area contributed by atoms with Crippen LogP contribution in [0, 0.1) is 5.41 Å². The lowest BCUT2D eigenvalue weighted by Crippen LogP contribution is -2.12. The highest BCUT2D eigenvalue weighted by Gasteiger charge is 2.18. The predicted molar refractivity (Wildman–Crippen MR) is 200 cm³/mol. The van der Waals surface area contributed by atoms with Gasteiger partial charge in [0.25, 0.3) is 0 Å². The number of aromatic nitrogens is 1. The van der Waals surface area contributed by atoms with Gasteiger partial charge >= 0.3 is 0 Å². The maximum atomic E-state index is 9.52. The highest BCUT2D eigenvalue weighted by Crippen LogP contribution is 2.39. The molecular formula is C44H31N3. The minimum Gasteiger partial charge on any atom is -0.367 e. The third-order valence-electron chi connectivity index (χ3n) is 9.55. The van der Waals surface area contributed by atoms with Crippen molar-refractivity contribution in [2.24, 2.45) is 0 Å². The Hall–Kier alpha value is -6.19. The molecule has 0 aliphatic carbocycles. The topological polar surface area (TPSA) is 40.8 Å². The lowest BCUT2D eigenvalue weighted by atomic mass is 9.91. The maximum absolute atomic E-state index is 9.52. The van der Waals surface area contributed by atoms with Crippen LogP contribution in [-0.2, 0) is 6.67 Å². The van der Waals surface area contributed by atoms with Gasteiger partial charge in [-0.25, -0.2) is 0 Å². The molecule has 0 fully saturated rings. The van der Waals surface area contributed by atoms with Crippen LogP contribution in [0.15, 0.2) is 164 Å². The fourth-order valence-electron chi connectivity index (χ4n) is 7.35. The molecule has 2 N–H and O–H groups in total. The number of nitrogens with one attached hydrogen (secondary N) is 2. The quantitative estimate of drug-likeness (QED) is 0.183. The fourth-order valence-corrected chi connectivity index (χ4v) is 7.35. The minimum atomic E-state index is 0.503. The van der Waals surface area contributed by atoms with E-state index in [0.29, 0.717) is 12.4 Å². The average molecular weight is 602 g/mol. The third-order valence-corrected chi connectivity index (χ3v) is 9.55. The molecule has 0 spiro atoms. The zero-order chi connectivity index (χ0) is 31.3. The van der Waals surface area contributed by atoms with Gasteiger partial charge in [-0.3, -0.25) is 5.41 Å². The summed E-state index contributed by atoms with van der Waals surface area (Å²) < 4.78 is 2.38. The van der Waals surface area contributed by atoms with Crippen LogP contribution in [-0.4, -0.2) is 10.3 Å². The summed E-state index contributed by atoms with van der Waals surface area (Å²) in [4.78, 5) is 0. The summed E-state index contributed by atoms with van der Waals surface area (Å²) in [5.74, 6) is 0. The second-order valence-electron chi connectivity index (χ2n) is 12.1. The first-order chi connectivity index (χ1) is 23.3. The molecule has 3 heteroatoms. The first-order valence-corrected chi connectivity index (χ1v) is 16.1. The number of benzene rings is 8. The number of nitrogens with zero attached hydrogens (tertiary/aromatic N) is 1. The molecular weight excluding hydrogens is 571 g/mol. The Balaban J connectivity index is 1.15. The summed E-state index contributed by atoms with van der Waals surface area (Å²) >= 11 is 0. The Morgan fingerprint density at radius 1 is 0.468 bits per heavy atom. The van der Waals surface area contributed by atoms with E-state index in [-0.39, 0.29) is 0 Å². The Bertz CT molecular complexity index is 2550. The molecule has 0 bridgehead atoms. The van der Waals surface area contributed by atoms with E-state index in [9.17, 15) is 5.41 Å². The third kappa shape index (κ3) is 4.39. The van der Waals surface area contributed by atoms with Crippen molar-refractivity contribution in [3.05, 3.63) is 175 Å². The zero-order valence-corrected chi connectivity index (χ0v) is 25.7. The molecule has 47 heavy (non-hydrogen) atoms. The van der Waals surface area contributed by atoms with Gasteiger partial charge in [0.1, 0.15) is 0 Å². The van der Waals surface area contributed by atoms with Crippen molar-refractivity contribution in [2.45, 2.75) is 6.67 Å². The molecule has 8 aromatic carbocycles. The van der Waals surface area contributed by atoms with E-state index in [2.05, 4.69) is 155 Å². The molecule has 0 amide bonds. The summed E-state index contributed by atoms with van der Waals surface area (Å²) in [5.41, 5.74) is 7.97. The van der Waals surface area contributed by atoms with Gasteiger partial charge in [-0.1, -0.05) is 146 Å². The molecule has 3 nitrogen and oxygen atoms in total. The van der Waals surface area contributed by atoms with Gasteiger partial charge in [-0.05, 0) is 61.6 Å². The maximum Gasteiger partial charge on any atom is 0.0926 e. The number of rotatable bonds is 6. The van der Waals surface area contributed by atoms with E-state index in [1.165, 1.54) is 54.5 Å². The van der Waals surface area contributed by atoms with E-state index in [1.54, 1.807) is 0 Å². The number of para-hydroxylation sites is 1. The Morgan fingerprint density at radius 2 is 1.02 bits per heavy atom. The first kappa shape index (κ1) is 27.1. The SMILES string of the molecule is N=C(c1ccccc1NCn1c2ccc3ccccc3c2c2c3ccccc3ccc21)c1ccc(-c2ccccc2)c2ccccc12. The second-order valence-corrected chi connectivity index (χ2v) is 12.1. The van der Waals surface area contributed by atoms with Crippen molar-refractivity contribution in [2.75, 3.05) is 5.32 Å². The molecule has 0 saturated carbocycles. The molecule has 9 aromatic rings. The zero-order valence-electron chi connectivity index (χ0n) is 25.7. The van der Waals surface area contributed by atoms with Crippen LogP contribution in [0.3, 0.4) is 0 Å². The normalized spacial score (nSPS) is 11.6. The Kier molecular flexibility index (Phi) is 6.36. The van der Waals surface area contributed by atoms with Crippen molar-refractivity contribution in [1.29, 1.82) is 5.41 Å². The standard InChI is InChI=1S/C44H31N3/c45-44(37-25-24-32(29-12-2-1-3-13-29)35-18-8-9-19-36(35)37)38-20-10-11-21-39(38)46-28-47-40-26-22-30-14-4-6-16-33(30)42(40)43-34-17-7-5-15-31(34)23-27-41(43)47/h1-27,45-46H,28H2. The van der Waals surface area contributed by atoms with Gasteiger partial charge < -0.3 is 9.88 Å². The first-order valence-electron chi connectivity index (χ1n) is 16.1.